The van der Waals surface area contributed by atoms with Gasteiger partial charge in [-0.25, -0.2) is 0 Å². The van der Waals surface area contributed by atoms with Crippen LogP contribution in [-0.4, -0.2) is 25.2 Å². The van der Waals surface area contributed by atoms with E-state index < -0.39 is 5.60 Å². The summed E-state index contributed by atoms with van der Waals surface area (Å²) in [6.07, 6.45) is 5.71. The molecule has 5 nitrogen and oxygen atoms in total. The fraction of sp³-hybridized carbons (Fsp3) is 0.600. The first kappa shape index (κ1) is 21.0. The van der Waals surface area contributed by atoms with Gasteiger partial charge in [0.1, 0.15) is 17.4 Å². The lowest BCUT2D eigenvalue weighted by Gasteiger charge is -2.27. The van der Waals surface area contributed by atoms with E-state index in [2.05, 4.69) is 25.2 Å². The number of nitriles is 1. The predicted octanol–water partition coefficient (Wildman–Crippen LogP) is 4.66. The van der Waals surface area contributed by atoms with Crippen LogP contribution in [0.5, 0.6) is 5.75 Å². The lowest BCUT2D eigenvalue weighted by atomic mass is 9.97. The summed E-state index contributed by atoms with van der Waals surface area (Å²) in [4.78, 5) is 12.6. The molecule has 1 rings (SSSR count). The molecule has 0 heterocycles. The molecular weight excluding hydrogens is 316 g/mol. The van der Waals surface area contributed by atoms with Crippen LogP contribution in [0.3, 0.4) is 0 Å². The molecule has 1 aromatic carbocycles. The Kier molecular flexibility index (Phi) is 9.01. The van der Waals surface area contributed by atoms with Crippen LogP contribution < -0.4 is 10.1 Å². The van der Waals surface area contributed by atoms with Crippen molar-refractivity contribution >= 4 is 11.6 Å². The van der Waals surface area contributed by atoms with Crippen molar-refractivity contribution in [3.05, 3.63) is 23.8 Å². The maximum Gasteiger partial charge on any atom is 0.256 e. The molecule has 1 amide bonds. The number of nitrogens with zero attached hydrogens (tertiary/aromatic N) is 1. The lowest BCUT2D eigenvalue weighted by molar-refractivity contribution is -0.136. The zero-order valence-corrected chi connectivity index (χ0v) is 15.9. The Labute approximate surface area is 151 Å². The summed E-state index contributed by atoms with van der Waals surface area (Å²) in [5.41, 5.74) is 0.111. The first-order valence-corrected chi connectivity index (χ1v) is 9.04. The second-order valence-electron chi connectivity index (χ2n) is 6.37. The molecule has 0 aliphatic heterocycles. The number of rotatable bonds is 11. The van der Waals surface area contributed by atoms with Gasteiger partial charge in [0.2, 0.25) is 0 Å². The van der Waals surface area contributed by atoms with Gasteiger partial charge in [-0.15, -0.1) is 0 Å². The number of unbranched alkanes of at least 4 members (excludes halogenated alkanes) is 3. The average molecular weight is 346 g/mol. The van der Waals surface area contributed by atoms with E-state index in [9.17, 15) is 10.1 Å². The molecule has 5 heteroatoms. The van der Waals surface area contributed by atoms with E-state index in [0.717, 1.165) is 32.1 Å². The van der Waals surface area contributed by atoms with Gasteiger partial charge in [-0.05, 0) is 38.0 Å². The fourth-order valence-electron chi connectivity index (χ4n) is 2.43. The molecule has 138 valence electrons. The number of nitrogens with one attached hydrogen (secondary N) is 1. The van der Waals surface area contributed by atoms with Crippen LogP contribution in [0.25, 0.3) is 0 Å². The SMILES string of the molecule is CCCCCC(C)(OC)C(=O)Nc1ccc(OCCCC)c(C#N)c1. The Morgan fingerprint density at radius 1 is 1.24 bits per heavy atom. The van der Waals surface area contributed by atoms with Crippen LogP contribution in [0.1, 0.15) is 64.9 Å². The highest BCUT2D eigenvalue weighted by Crippen LogP contribution is 2.25. The Balaban J connectivity index is 2.80. The van der Waals surface area contributed by atoms with Gasteiger partial charge < -0.3 is 14.8 Å². The zero-order valence-electron chi connectivity index (χ0n) is 15.9. The van der Waals surface area contributed by atoms with Gasteiger partial charge in [-0.3, -0.25) is 4.79 Å². The molecule has 1 unspecified atom stereocenters. The van der Waals surface area contributed by atoms with E-state index in [1.807, 2.05) is 0 Å². The van der Waals surface area contributed by atoms with Crippen LogP contribution >= 0.6 is 0 Å². The minimum atomic E-state index is -0.877. The van der Waals surface area contributed by atoms with Crippen molar-refractivity contribution in [3.8, 4) is 11.8 Å². The molecule has 0 saturated heterocycles. The van der Waals surface area contributed by atoms with E-state index in [0.29, 0.717) is 30.0 Å². The largest absolute Gasteiger partial charge is 0.492 e. The molecule has 1 atom stereocenters. The first-order chi connectivity index (χ1) is 12.0. The van der Waals surface area contributed by atoms with E-state index in [1.54, 1.807) is 32.2 Å². The molecule has 1 aromatic rings. The van der Waals surface area contributed by atoms with Crippen molar-refractivity contribution in [2.24, 2.45) is 0 Å². The topological polar surface area (TPSA) is 71.3 Å². The summed E-state index contributed by atoms with van der Waals surface area (Å²) in [6, 6.07) is 7.24. The molecule has 0 fully saturated rings. The Morgan fingerprint density at radius 3 is 2.56 bits per heavy atom. The maximum absolute atomic E-state index is 12.6. The van der Waals surface area contributed by atoms with Crippen LogP contribution in [0.15, 0.2) is 18.2 Å². The minimum Gasteiger partial charge on any atom is -0.492 e. The van der Waals surface area contributed by atoms with Gasteiger partial charge in [0.15, 0.2) is 0 Å². The highest BCUT2D eigenvalue weighted by Gasteiger charge is 2.32. The molecule has 0 aromatic heterocycles. The summed E-state index contributed by atoms with van der Waals surface area (Å²) in [6.45, 7) is 6.58. The highest BCUT2D eigenvalue weighted by molar-refractivity contribution is 5.97. The third-order valence-electron chi connectivity index (χ3n) is 4.30. The molecule has 1 N–H and O–H groups in total. The summed E-state index contributed by atoms with van der Waals surface area (Å²) >= 11 is 0. The molecule has 0 bridgehead atoms. The number of benzene rings is 1. The van der Waals surface area contributed by atoms with E-state index in [-0.39, 0.29) is 5.91 Å². The van der Waals surface area contributed by atoms with Crippen molar-refractivity contribution < 1.29 is 14.3 Å². The van der Waals surface area contributed by atoms with Crippen molar-refractivity contribution in [1.82, 2.24) is 0 Å². The van der Waals surface area contributed by atoms with E-state index >= 15 is 0 Å². The van der Waals surface area contributed by atoms with Crippen LogP contribution in [0.2, 0.25) is 0 Å². The van der Waals surface area contributed by atoms with Gasteiger partial charge in [0.05, 0.1) is 12.2 Å². The third kappa shape index (κ3) is 6.39. The van der Waals surface area contributed by atoms with Gasteiger partial charge >= 0.3 is 0 Å². The number of anilines is 1. The molecule has 0 aliphatic carbocycles. The van der Waals surface area contributed by atoms with Crippen molar-refractivity contribution in [2.45, 2.75) is 64.9 Å². The lowest BCUT2D eigenvalue weighted by Crippen LogP contribution is -2.41. The maximum atomic E-state index is 12.6. The average Bonchev–Trinajstić information content (AvgIpc) is 2.62. The highest BCUT2D eigenvalue weighted by atomic mass is 16.5. The van der Waals surface area contributed by atoms with Gasteiger partial charge in [0, 0.05) is 12.8 Å². The minimum absolute atomic E-state index is 0.199. The Morgan fingerprint density at radius 2 is 1.96 bits per heavy atom. The summed E-state index contributed by atoms with van der Waals surface area (Å²) in [5, 5.41) is 12.2. The standard InChI is InChI=1S/C20H30N2O3/c1-5-7-9-12-20(3,24-4)19(23)22-17-10-11-18(16(14-17)15-21)25-13-8-6-2/h10-11,14H,5-9,12-13H2,1-4H3,(H,22,23). The van der Waals surface area contributed by atoms with Crippen molar-refractivity contribution in [2.75, 3.05) is 19.0 Å². The smallest absolute Gasteiger partial charge is 0.256 e. The zero-order chi connectivity index (χ0) is 18.7. The van der Waals surface area contributed by atoms with Gasteiger partial charge in [0.25, 0.3) is 5.91 Å². The molecule has 0 saturated carbocycles. The Hall–Kier alpha value is -2.06. The summed E-state index contributed by atoms with van der Waals surface area (Å²) < 4.78 is 11.1. The molecular formula is C20H30N2O3. The second-order valence-corrected chi connectivity index (χ2v) is 6.37. The normalized spacial score (nSPS) is 12.9. The molecule has 25 heavy (non-hydrogen) atoms. The Bertz CT molecular complexity index is 595. The van der Waals surface area contributed by atoms with Crippen LogP contribution in [-0.2, 0) is 9.53 Å². The summed E-state index contributed by atoms with van der Waals surface area (Å²) in [5.74, 6) is 0.348. The van der Waals surface area contributed by atoms with Crippen LogP contribution in [0.4, 0.5) is 5.69 Å². The summed E-state index contributed by atoms with van der Waals surface area (Å²) in [7, 11) is 1.55. The van der Waals surface area contributed by atoms with Crippen molar-refractivity contribution in [1.29, 1.82) is 5.26 Å². The molecule has 0 radical (unpaired) electrons. The monoisotopic (exact) mass is 346 g/mol. The van der Waals surface area contributed by atoms with Crippen LogP contribution in [0, 0.1) is 11.3 Å². The quantitative estimate of drug-likeness (QED) is 0.591. The number of methoxy groups -OCH3 is 1. The van der Waals surface area contributed by atoms with E-state index in [4.69, 9.17) is 9.47 Å². The van der Waals surface area contributed by atoms with Crippen molar-refractivity contribution in [3.63, 3.8) is 0 Å². The predicted molar refractivity (Wildman–Crippen MR) is 99.7 cm³/mol. The van der Waals surface area contributed by atoms with E-state index in [1.165, 1.54) is 0 Å². The number of amides is 1. The second kappa shape index (κ2) is 10.7. The number of hydrogen-bond acceptors (Lipinski definition) is 4. The van der Waals surface area contributed by atoms with Gasteiger partial charge in [-0.1, -0.05) is 39.5 Å². The first-order valence-electron chi connectivity index (χ1n) is 9.04. The van der Waals surface area contributed by atoms with Gasteiger partial charge in [-0.2, -0.15) is 5.26 Å². The number of carbonyl (C=O) groups excluding carboxylic acids is 1. The number of carbonyl (C=O) groups is 1. The molecule has 0 aliphatic rings. The fourth-order valence-corrected chi connectivity index (χ4v) is 2.43. The number of ether oxygens (including phenoxy) is 2. The third-order valence-corrected chi connectivity index (χ3v) is 4.30. The molecule has 0 spiro atoms. The number of hydrogen-bond donors (Lipinski definition) is 1.